The Morgan fingerprint density at radius 3 is 2.95 bits per heavy atom. The summed E-state index contributed by atoms with van der Waals surface area (Å²) in [6, 6.07) is 1.42. The van der Waals surface area contributed by atoms with Gasteiger partial charge in [-0.1, -0.05) is 5.21 Å². The number of nitrogens with zero attached hydrogens (tertiary/aromatic N) is 5. The Hall–Kier alpha value is -2.19. The summed E-state index contributed by atoms with van der Waals surface area (Å²) in [5.41, 5.74) is -0.502. The summed E-state index contributed by atoms with van der Waals surface area (Å²) >= 11 is 0. The van der Waals surface area contributed by atoms with Gasteiger partial charge in [0.25, 0.3) is 0 Å². The maximum atomic E-state index is 13.0. The first-order valence-corrected chi connectivity index (χ1v) is 6.52. The van der Waals surface area contributed by atoms with Gasteiger partial charge in [0, 0.05) is 31.9 Å². The number of hydrogen-bond donors (Lipinski definition) is 1. The van der Waals surface area contributed by atoms with Crippen LogP contribution in [0.1, 0.15) is 17.8 Å². The van der Waals surface area contributed by atoms with Crippen LogP contribution >= 0.6 is 0 Å². The van der Waals surface area contributed by atoms with E-state index in [9.17, 15) is 13.2 Å². The van der Waals surface area contributed by atoms with Crippen molar-refractivity contribution in [1.82, 2.24) is 25.6 Å². The minimum atomic E-state index is -4.39. The van der Waals surface area contributed by atoms with Gasteiger partial charge >= 0.3 is 6.18 Å². The van der Waals surface area contributed by atoms with Gasteiger partial charge in [-0.15, -0.1) is 10.2 Å². The second-order valence-corrected chi connectivity index (χ2v) is 5.02. The minimum Gasteiger partial charge on any atom is -0.371 e. The van der Waals surface area contributed by atoms with Gasteiger partial charge < -0.3 is 4.90 Å². The largest absolute Gasteiger partial charge is 0.419 e. The van der Waals surface area contributed by atoms with Crippen LogP contribution in [0.25, 0.3) is 0 Å². The Morgan fingerprint density at radius 2 is 2.24 bits per heavy atom. The van der Waals surface area contributed by atoms with Crippen LogP contribution in [-0.4, -0.2) is 38.7 Å². The van der Waals surface area contributed by atoms with Crippen molar-refractivity contribution in [3.05, 3.63) is 29.8 Å². The zero-order valence-electron chi connectivity index (χ0n) is 11.0. The number of alkyl halides is 3. The molecular formula is C12H13F3N6. The minimum absolute atomic E-state index is 0.188. The van der Waals surface area contributed by atoms with Crippen LogP contribution in [-0.2, 0) is 12.6 Å². The summed E-state index contributed by atoms with van der Waals surface area (Å²) < 4.78 is 39.0. The van der Waals surface area contributed by atoms with E-state index in [1.807, 2.05) is 0 Å². The topological polar surface area (TPSA) is 70.6 Å². The molecule has 1 fully saturated rings. The fourth-order valence-corrected chi connectivity index (χ4v) is 2.63. The summed E-state index contributed by atoms with van der Waals surface area (Å²) in [5, 5.41) is 13.6. The van der Waals surface area contributed by atoms with E-state index in [1.165, 1.54) is 12.3 Å². The molecule has 0 bridgehead atoms. The number of hydrogen-bond acceptors (Lipinski definition) is 5. The quantitative estimate of drug-likeness (QED) is 0.933. The molecule has 1 aliphatic rings. The monoisotopic (exact) mass is 298 g/mol. The summed E-state index contributed by atoms with van der Waals surface area (Å²) in [6.45, 7) is 1.12. The van der Waals surface area contributed by atoms with E-state index in [0.717, 1.165) is 12.6 Å². The van der Waals surface area contributed by atoms with Crippen LogP contribution in [0.3, 0.4) is 0 Å². The third kappa shape index (κ3) is 2.96. The second-order valence-electron chi connectivity index (χ2n) is 5.02. The molecule has 0 amide bonds. The van der Waals surface area contributed by atoms with Gasteiger partial charge in [0.1, 0.15) is 0 Å². The molecule has 3 rings (SSSR count). The van der Waals surface area contributed by atoms with Crippen molar-refractivity contribution in [3.8, 4) is 0 Å². The lowest BCUT2D eigenvalue weighted by Crippen LogP contribution is -2.24. The molecule has 0 radical (unpaired) electrons. The number of halogens is 3. The smallest absolute Gasteiger partial charge is 0.371 e. The van der Waals surface area contributed by atoms with E-state index < -0.39 is 11.7 Å². The van der Waals surface area contributed by atoms with Crippen LogP contribution in [0.2, 0.25) is 0 Å². The molecule has 112 valence electrons. The number of tetrazole rings is 1. The van der Waals surface area contributed by atoms with Crippen LogP contribution in [0.5, 0.6) is 0 Å². The highest BCUT2D eigenvalue weighted by atomic mass is 19.4. The number of aromatic nitrogens is 5. The predicted octanol–water partition coefficient (Wildman–Crippen LogP) is 1.68. The lowest BCUT2D eigenvalue weighted by molar-refractivity contribution is -0.137. The third-order valence-corrected chi connectivity index (χ3v) is 3.59. The Balaban J connectivity index is 1.74. The van der Waals surface area contributed by atoms with E-state index in [4.69, 9.17) is 0 Å². The van der Waals surface area contributed by atoms with Crippen molar-refractivity contribution < 1.29 is 13.2 Å². The van der Waals surface area contributed by atoms with E-state index in [0.29, 0.717) is 25.3 Å². The van der Waals surface area contributed by atoms with E-state index >= 15 is 0 Å². The number of aromatic amines is 1. The van der Waals surface area contributed by atoms with Gasteiger partial charge in [0.05, 0.1) is 11.3 Å². The summed E-state index contributed by atoms with van der Waals surface area (Å²) in [6.07, 6.45) is -0.720. The number of pyridine rings is 1. The fourth-order valence-electron chi connectivity index (χ4n) is 2.63. The standard InChI is InChI=1S/C12H13F3N6/c13-12(14,15)9-6-16-3-1-10(9)21-4-2-8(7-21)5-11-17-19-20-18-11/h1,3,6,8H,2,4-5,7H2,(H,17,18,19,20). The third-order valence-electron chi connectivity index (χ3n) is 3.59. The summed E-state index contributed by atoms with van der Waals surface area (Å²) in [5.74, 6) is 0.810. The maximum absolute atomic E-state index is 13.0. The molecule has 6 nitrogen and oxygen atoms in total. The predicted molar refractivity (Wildman–Crippen MR) is 67.4 cm³/mol. The molecule has 0 spiro atoms. The molecule has 21 heavy (non-hydrogen) atoms. The molecule has 0 aromatic carbocycles. The first-order valence-electron chi connectivity index (χ1n) is 6.52. The summed E-state index contributed by atoms with van der Waals surface area (Å²) in [7, 11) is 0. The highest BCUT2D eigenvalue weighted by molar-refractivity contribution is 5.54. The van der Waals surface area contributed by atoms with Gasteiger partial charge in [-0.25, -0.2) is 0 Å². The van der Waals surface area contributed by atoms with Crippen molar-refractivity contribution in [3.63, 3.8) is 0 Å². The number of rotatable bonds is 3. The highest BCUT2D eigenvalue weighted by Gasteiger charge is 2.36. The molecule has 1 unspecified atom stereocenters. The first-order chi connectivity index (χ1) is 10.0. The molecule has 1 atom stereocenters. The van der Waals surface area contributed by atoms with Crippen molar-refractivity contribution in [2.24, 2.45) is 5.92 Å². The van der Waals surface area contributed by atoms with Crippen LogP contribution in [0.4, 0.5) is 18.9 Å². The Bertz CT molecular complexity index is 597. The van der Waals surface area contributed by atoms with Crippen molar-refractivity contribution in [2.75, 3.05) is 18.0 Å². The Labute approximate surface area is 118 Å². The Morgan fingerprint density at radius 1 is 1.38 bits per heavy atom. The van der Waals surface area contributed by atoms with Crippen LogP contribution < -0.4 is 4.90 Å². The second kappa shape index (κ2) is 5.30. The molecule has 2 aromatic rings. The van der Waals surface area contributed by atoms with Crippen molar-refractivity contribution >= 4 is 5.69 Å². The van der Waals surface area contributed by atoms with Gasteiger partial charge in [0.15, 0.2) is 5.82 Å². The zero-order valence-corrected chi connectivity index (χ0v) is 11.0. The van der Waals surface area contributed by atoms with E-state index in [-0.39, 0.29) is 11.6 Å². The molecule has 2 aromatic heterocycles. The van der Waals surface area contributed by atoms with Gasteiger partial charge in [-0.05, 0) is 18.4 Å². The van der Waals surface area contributed by atoms with Crippen molar-refractivity contribution in [1.29, 1.82) is 0 Å². The maximum Gasteiger partial charge on any atom is 0.419 e. The lowest BCUT2D eigenvalue weighted by Gasteiger charge is -2.22. The molecular weight excluding hydrogens is 285 g/mol. The number of nitrogens with one attached hydrogen (secondary N) is 1. The average molecular weight is 298 g/mol. The molecule has 1 saturated heterocycles. The molecule has 3 heterocycles. The molecule has 0 saturated carbocycles. The number of anilines is 1. The molecule has 0 aliphatic carbocycles. The van der Waals surface area contributed by atoms with Gasteiger partial charge in [0.2, 0.25) is 0 Å². The van der Waals surface area contributed by atoms with Crippen LogP contribution in [0.15, 0.2) is 18.5 Å². The zero-order chi connectivity index (χ0) is 14.9. The van der Waals surface area contributed by atoms with Gasteiger partial charge in [-0.3, -0.25) is 4.98 Å². The molecule has 1 aliphatic heterocycles. The van der Waals surface area contributed by atoms with Crippen LogP contribution in [0, 0.1) is 5.92 Å². The molecule has 1 N–H and O–H groups in total. The molecule has 9 heteroatoms. The fraction of sp³-hybridized carbons (Fsp3) is 0.500. The van der Waals surface area contributed by atoms with Crippen molar-refractivity contribution in [2.45, 2.75) is 19.0 Å². The van der Waals surface area contributed by atoms with E-state index in [2.05, 4.69) is 25.6 Å². The number of H-pyrrole nitrogens is 1. The average Bonchev–Trinajstić information content (AvgIpc) is 3.10. The SMILES string of the molecule is FC(F)(F)c1cnccc1N1CCC(Cc2nn[nH]n2)C1. The lowest BCUT2D eigenvalue weighted by atomic mass is 10.1. The summed E-state index contributed by atoms with van der Waals surface area (Å²) in [4.78, 5) is 5.33. The first kappa shape index (κ1) is 13.8. The van der Waals surface area contributed by atoms with Gasteiger partial charge in [-0.2, -0.15) is 18.4 Å². The van der Waals surface area contributed by atoms with E-state index in [1.54, 1.807) is 4.90 Å². The normalized spacial score (nSPS) is 19.2. The Kier molecular flexibility index (Phi) is 3.48. The highest BCUT2D eigenvalue weighted by Crippen LogP contribution is 2.37.